The fraction of sp³-hybridized carbons (Fsp3) is 0.190. The minimum Gasteiger partial charge on any atom is -0.497 e. The van der Waals surface area contributed by atoms with E-state index < -0.39 is 11.7 Å². The fourth-order valence-corrected chi connectivity index (χ4v) is 3.88. The molecule has 12 heteroatoms. The molecular formula is C21H18ClFN6O3S. The molecular weight excluding hydrogens is 471 g/mol. The Morgan fingerprint density at radius 3 is 2.73 bits per heavy atom. The monoisotopic (exact) mass is 488 g/mol. The number of halogens is 2. The van der Waals surface area contributed by atoms with Gasteiger partial charge in [0.25, 0.3) is 5.89 Å². The van der Waals surface area contributed by atoms with Gasteiger partial charge in [-0.05, 0) is 49.4 Å². The molecule has 0 bridgehead atoms. The van der Waals surface area contributed by atoms with Gasteiger partial charge in [-0.3, -0.25) is 9.36 Å². The minimum atomic E-state index is -0.607. The second kappa shape index (κ2) is 10.0. The number of amides is 1. The third-order valence-corrected chi connectivity index (χ3v) is 5.74. The van der Waals surface area contributed by atoms with Gasteiger partial charge in [0.2, 0.25) is 17.6 Å². The quantitative estimate of drug-likeness (QED) is 0.360. The zero-order valence-electron chi connectivity index (χ0n) is 17.6. The number of methoxy groups -OCH3 is 1. The first-order valence-corrected chi connectivity index (χ1v) is 11.1. The molecule has 0 aliphatic heterocycles. The maximum atomic E-state index is 13.9. The van der Waals surface area contributed by atoms with E-state index in [0.29, 0.717) is 23.4 Å². The summed E-state index contributed by atoms with van der Waals surface area (Å²) in [4.78, 5) is 16.7. The van der Waals surface area contributed by atoms with E-state index in [1.54, 1.807) is 23.8 Å². The largest absolute Gasteiger partial charge is 0.497 e. The summed E-state index contributed by atoms with van der Waals surface area (Å²) in [5, 5.41) is 15.5. The van der Waals surface area contributed by atoms with Gasteiger partial charge in [0, 0.05) is 17.1 Å². The average molecular weight is 489 g/mol. The number of carbonyl (C=O) groups is 1. The SMILES string of the molecule is CCn1c(SCC(=O)Nc2ccc(Cl)cc2F)nnc1-c1nc(-c2ccc(OC)cc2)no1. The molecule has 9 nitrogen and oxygen atoms in total. The fourth-order valence-electron chi connectivity index (χ4n) is 2.92. The molecule has 0 atom stereocenters. The molecule has 1 N–H and O–H groups in total. The van der Waals surface area contributed by atoms with E-state index in [9.17, 15) is 9.18 Å². The highest BCUT2D eigenvalue weighted by atomic mass is 35.5. The van der Waals surface area contributed by atoms with Gasteiger partial charge < -0.3 is 14.6 Å². The lowest BCUT2D eigenvalue weighted by Gasteiger charge is -2.07. The van der Waals surface area contributed by atoms with Crippen molar-refractivity contribution in [3.8, 4) is 28.9 Å². The van der Waals surface area contributed by atoms with Crippen LogP contribution in [-0.2, 0) is 11.3 Å². The van der Waals surface area contributed by atoms with Gasteiger partial charge in [-0.25, -0.2) is 4.39 Å². The minimum absolute atomic E-state index is 0.00112. The van der Waals surface area contributed by atoms with E-state index in [1.165, 1.54) is 12.1 Å². The van der Waals surface area contributed by atoms with Gasteiger partial charge in [0.05, 0.1) is 18.6 Å². The van der Waals surface area contributed by atoms with Crippen LogP contribution in [0.3, 0.4) is 0 Å². The number of hydrogen-bond donors (Lipinski definition) is 1. The molecule has 0 unspecified atom stereocenters. The van der Waals surface area contributed by atoms with Crippen molar-refractivity contribution in [1.29, 1.82) is 0 Å². The summed E-state index contributed by atoms with van der Waals surface area (Å²) < 4.78 is 26.2. The van der Waals surface area contributed by atoms with Crippen molar-refractivity contribution in [2.24, 2.45) is 0 Å². The highest BCUT2D eigenvalue weighted by Gasteiger charge is 2.20. The Kier molecular flexibility index (Phi) is 6.90. The van der Waals surface area contributed by atoms with E-state index >= 15 is 0 Å². The number of thioether (sulfide) groups is 1. The van der Waals surface area contributed by atoms with Gasteiger partial charge in [-0.15, -0.1) is 10.2 Å². The van der Waals surface area contributed by atoms with Crippen molar-refractivity contribution in [2.75, 3.05) is 18.2 Å². The number of hydrogen-bond acceptors (Lipinski definition) is 8. The second-order valence-electron chi connectivity index (χ2n) is 6.66. The van der Waals surface area contributed by atoms with Gasteiger partial charge in [-0.1, -0.05) is 28.5 Å². The first-order chi connectivity index (χ1) is 16.0. The number of rotatable bonds is 8. The Morgan fingerprint density at radius 2 is 2.03 bits per heavy atom. The highest BCUT2D eigenvalue weighted by molar-refractivity contribution is 7.99. The van der Waals surface area contributed by atoms with Gasteiger partial charge in [0.1, 0.15) is 11.6 Å². The van der Waals surface area contributed by atoms with E-state index in [1.807, 2.05) is 19.1 Å². The van der Waals surface area contributed by atoms with Crippen LogP contribution >= 0.6 is 23.4 Å². The first kappa shape index (κ1) is 22.7. The van der Waals surface area contributed by atoms with Crippen LogP contribution in [0, 0.1) is 5.82 Å². The summed E-state index contributed by atoms with van der Waals surface area (Å²) in [5.74, 6) is 0.707. The number of benzene rings is 2. The number of nitrogens with one attached hydrogen (secondary N) is 1. The summed E-state index contributed by atoms with van der Waals surface area (Å²) in [5.41, 5.74) is 0.814. The van der Waals surface area contributed by atoms with E-state index in [0.717, 1.165) is 29.1 Å². The molecule has 4 aromatic rings. The lowest BCUT2D eigenvalue weighted by Crippen LogP contribution is -2.15. The zero-order valence-corrected chi connectivity index (χ0v) is 19.2. The number of aromatic nitrogens is 5. The second-order valence-corrected chi connectivity index (χ2v) is 8.04. The Hall–Kier alpha value is -3.44. The molecule has 0 radical (unpaired) electrons. The number of anilines is 1. The lowest BCUT2D eigenvalue weighted by molar-refractivity contribution is -0.113. The molecule has 2 heterocycles. The Morgan fingerprint density at radius 1 is 1.24 bits per heavy atom. The van der Waals surface area contributed by atoms with Crippen LogP contribution in [0.25, 0.3) is 23.1 Å². The van der Waals surface area contributed by atoms with E-state index in [4.69, 9.17) is 20.9 Å². The van der Waals surface area contributed by atoms with Crippen molar-refractivity contribution < 1.29 is 18.4 Å². The van der Waals surface area contributed by atoms with Crippen LogP contribution in [-0.4, -0.2) is 43.7 Å². The van der Waals surface area contributed by atoms with Crippen molar-refractivity contribution >= 4 is 35.0 Å². The molecule has 2 aromatic heterocycles. The molecule has 33 heavy (non-hydrogen) atoms. The number of ether oxygens (including phenoxy) is 1. The number of nitrogens with zero attached hydrogens (tertiary/aromatic N) is 5. The third-order valence-electron chi connectivity index (χ3n) is 4.54. The Balaban J connectivity index is 1.46. The summed E-state index contributed by atoms with van der Waals surface area (Å²) in [6.07, 6.45) is 0. The van der Waals surface area contributed by atoms with E-state index in [-0.39, 0.29) is 22.4 Å². The Labute approximate surface area is 197 Å². The summed E-state index contributed by atoms with van der Waals surface area (Å²) >= 11 is 6.89. The van der Waals surface area contributed by atoms with Crippen LogP contribution in [0.4, 0.5) is 10.1 Å². The molecule has 0 saturated heterocycles. The number of carbonyl (C=O) groups excluding carboxylic acids is 1. The molecule has 0 saturated carbocycles. The van der Waals surface area contributed by atoms with Gasteiger partial charge in [-0.2, -0.15) is 4.98 Å². The molecule has 1 amide bonds. The van der Waals surface area contributed by atoms with Crippen LogP contribution in [0.5, 0.6) is 5.75 Å². The third kappa shape index (κ3) is 5.15. The molecule has 0 aliphatic carbocycles. The van der Waals surface area contributed by atoms with Crippen LogP contribution in [0.15, 0.2) is 52.1 Å². The summed E-state index contributed by atoms with van der Waals surface area (Å²) in [7, 11) is 1.59. The lowest BCUT2D eigenvalue weighted by atomic mass is 10.2. The van der Waals surface area contributed by atoms with Gasteiger partial charge >= 0.3 is 0 Å². The molecule has 4 rings (SSSR count). The van der Waals surface area contributed by atoms with Gasteiger partial charge in [0.15, 0.2) is 5.16 Å². The normalized spacial score (nSPS) is 10.9. The summed E-state index contributed by atoms with van der Waals surface area (Å²) in [6.45, 7) is 2.42. The predicted molar refractivity (Wildman–Crippen MR) is 122 cm³/mol. The molecule has 0 aliphatic rings. The highest BCUT2D eigenvalue weighted by Crippen LogP contribution is 2.26. The standard InChI is InChI=1S/C21H18ClFN6O3S/c1-3-29-19(20-25-18(28-32-20)12-4-7-14(31-2)8-5-12)26-27-21(29)33-11-17(30)24-16-9-6-13(22)10-15(16)23/h4-10H,3,11H2,1-2H3,(H,24,30). The average Bonchev–Trinajstić information content (AvgIpc) is 3.46. The first-order valence-electron chi connectivity index (χ1n) is 9.78. The van der Waals surface area contributed by atoms with E-state index in [2.05, 4.69) is 25.7 Å². The van der Waals surface area contributed by atoms with Crippen molar-refractivity contribution in [3.05, 3.63) is 53.3 Å². The summed E-state index contributed by atoms with van der Waals surface area (Å²) in [6, 6.07) is 11.3. The molecule has 2 aromatic carbocycles. The maximum Gasteiger partial charge on any atom is 0.296 e. The Bertz CT molecular complexity index is 1280. The smallest absolute Gasteiger partial charge is 0.296 e. The van der Waals surface area contributed by atoms with Crippen molar-refractivity contribution in [3.63, 3.8) is 0 Å². The van der Waals surface area contributed by atoms with Crippen molar-refractivity contribution in [1.82, 2.24) is 24.9 Å². The van der Waals surface area contributed by atoms with Crippen LogP contribution in [0.2, 0.25) is 5.02 Å². The van der Waals surface area contributed by atoms with Crippen molar-refractivity contribution in [2.45, 2.75) is 18.6 Å². The molecule has 170 valence electrons. The van der Waals surface area contributed by atoms with Crippen LogP contribution in [0.1, 0.15) is 6.92 Å². The molecule has 0 spiro atoms. The topological polar surface area (TPSA) is 108 Å². The zero-order chi connectivity index (χ0) is 23.4. The predicted octanol–water partition coefficient (Wildman–Crippen LogP) is 4.55. The maximum absolute atomic E-state index is 13.9. The van der Waals surface area contributed by atoms with Crippen LogP contribution < -0.4 is 10.1 Å². The molecule has 0 fully saturated rings.